The van der Waals surface area contributed by atoms with Crippen LogP contribution in [0.15, 0.2) is 0 Å². The van der Waals surface area contributed by atoms with Crippen molar-refractivity contribution in [2.24, 2.45) is 11.7 Å². The summed E-state index contributed by atoms with van der Waals surface area (Å²) in [6.45, 7) is 4.06. The van der Waals surface area contributed by atoms with Crippen LogP contribution in [0.1, 0.15) is 20.3 Å². The summed E-state index contributed by atoms with van der Waals surface area (Å²) in [6, 6.07) is 0. The molecular formula is C9H17N3O2S. The highest BCUT2D eigenvalue weighted by molar-refractivity contribution is 7.80. The summed E-state index contributed by atoms with van der Waals surface area (Å²) >= 11 is 4.76. The summed E-state index contributed by atoms with van der Waals surface area (Å²) in [6.07, 6.45) is 0.585. The molecule has 0 aromatic heterocycles. The van der Waals surface area contributed by atoms with Gasteiger partial charge in [0.15, 0.2) is 0 Å². The number of rotatable bonds is 6. The number of hydrogen-bond acceptors (Lipinski definition) is 3. The highest BCUT2D eigenvalue weighted by Crippen LogP contribution is 2.02. The largest absolute Gasteiger partial charge is 0.393 e. The fourth-order valence-corrected chi connectivity index (χ4v) is 1.34. The number of carbonyl (C=O) groups is 2. The fraction of sp³-hybridized carbons (Fsp3) is 0.667. The second-order valence-electron chi connectivity index (χ2n) is 3.14. The Labute approximate surface area is 94.8 Å². The Morgan fingerprint density at radius 3 is 2.27 bits per heavy atom. The average molecular weight is 231 g/mol. The van der Waals surface area contributed by atoms with E-state index in [0.717, 1.165) is 0 Å². The van der Waals surface area contributed by atoms with Gasteiger partial charge in [0.1, 0.15) is 0 Å². The standard InChI is InChI=1S/C9H17N3O2S/c1-3-7(8(10)15)9(14)12-5-4-11-6(2)13/h7H,3-5H2,1-2H3,(H2,10,15)(H,11,13)(H,12,14). The molecule has 0 heterocycles. The van der Waals surface area contributed by atoms with E-state index in [1.165, 1.54) is 6.92 Å². The zero-order valence-corrected chi connectivity index (χ0v) is 9.82. The minimum absolute atomic E-state index is 0.120. The minimum Gasteiger partial charge on any atom is -0.393 e. The van der Waals surface area contributed by atoms with E-state index in [9.17, 15) is 9.59 Å². The van der Waals surface area contributed by atoms with E-state index in [1.807, 2.05) is 6.92 Å². The maximum absolute atomic E-state index is 11.5. The number of nitrogens with two attached hydrogens (primary N) is 1. The van der Waals surface area contributed by atoms with Crippen LogP contribution >= 0.6 is 12.2 Å². The van der Waals surface area contributed by atoms with Crippen LogP contribution in [0.2, 0.25) is 0 Å². The second-order valence-corrected chi connectivity index (χ2v) is 3.61. The molecule has 0 saturated heterocycles. The molecule has 5 nitrogen and oxygen atoms in total. The van der Waals surface area contributed by atoms with Crippen LogP contribution in [0.3, 0.4) is 0 Å². The van der Waals surface area contributed by atoms with Gasteiger partial charge in [-0.25, -0.2) is 0 Å². The minimum atomic E-state index is -0.419. The molecule has 0 aromatic carbocycles. The molecule has 15 heavy (non-hydrogen) atoms. The summed E-state index contributed by atoms with van der Waals surface area (Å²) in [4.78, 5) is 22.2. The molecule has 86 valence electrons. The lowest BCUT2D eigenvalue weighted by molar-refractivity contribution is -0.123. The van der Waals surface area contributed by atoms with Crippen LogP contribution in [0, 0.1) is 5.92 Å². The van der Waals surface area contributed by atoms with Crippen molar-refractivity contribution in [1.29, 1.82) is 0 Å². The lowest BCUT2D eigenvalue weighted by Gasteiger charge is -2.13. The zero-order valence-electron chi connectivity index (χ0n) is 9.00. The molecule has 0 aliphatic rings. The third-order valence-corrected chi connectivity index (χ3v) is 2.15. The van der Waals surface area contributed by atoms with Gasteiger partial charge in [0.05, 0.1) is 10.9 Å². The van der Waals surface area contributed by atoms with Gasteiger partial charge in [-0.15, -0.1) is 0 Å². The van der Waals surface area contributed by atoms with Crippen molar-refractivity contribution < 1.29 is 9.59 Å². The Kier molecular flexibility index (Phi) is 6.61. The zero-order chi connectivity index (χ0) is 11.8. The lowest BCUT2D eigenvalue weighted by atomic mass is 10.1. The van der Waals surface area contributed by atoms with E-state index in [1.54, 1.807) is 0 Å². The van der Waals surface area contributed by atoms with E-state index in [0.29, 0.717) is 19.5 Å². The van der Waals surface area contributed by atoms with Crippen molar-refractivity contribution in [3.05, 3.63) is 0 Å². The molecule has 0 radical (unpaired) electrons. The average Bonchev–Trinajstić information content (AvgIpc) is 2.12. The van der Waals surface area contributed by atoms with Crippen molar-refractivity contribution in [2.45, 2.75) is 20.3 Å². The number of amides is 2. The maximum Gasteiger partial charge on any atom is 0.229 e. The van der Waals surface area contributed by atoms with E-state index < -0.39 is 5.92 Å². The summed E-state index contributed by atoms with van der Waals surface area (Å²) in [7, 11) is 0. The van der Waals surface area contributed by atoms with Gasteiger partial charge in [-0.1, -0.05) is 19.1 Å². The third-order valence-electron chi connectivity index (χ3n) is 1.87. The molecule has 0 fully saturated rings. The molecule has 0 rings (SSSR count). The Balaban J connectivity index is 3.82. The van der Waals surface area contributed by atoms with Gasteiger partial charge in [-0.3, -0.25) is 9.59 Å². The number of nitrogens with one attached hydrogen (secondary N) is 2. The Hall–Kier alpha value is -1.17. The van der Waals surface area contributed by atoms with Gasteiger partial charge in [0, 0.05) is 20.0 Å². The molecule has 6 heteroatoms. The molecule has 4 N–H and O–H groups in total. The van der Waals surface area contributed by atoms with E-state index in [4.69, 9.17) is 18.0 Å². The van der Waals surface area contributed by atoms with Gasteiger partial charge < -0.3 is 16.4 Å². The fourth-order valence-electron chi connectivity index (χ4n) is 1.06. The van der Waals surface area contributed by atoms with E-state index >= 15 is 0 Å². The summed E-state index contributed by atoms with van der Waals surface area (Å²) < 4.78 is 0. The van der Waals surface area contributed by atoms with Crippen LogP contribution in [-0.4, -0.2) is 29.9 Å². The van der Waals surface area contributed by atoms with Crippen molar-refractivity contribution in [3.63, 3.8) is 0 Å². The first-order valence-corrected chi connectivity index (χ1v) is 5.21. The predicted octanol–water partition coefficient (Wildman–Crippen LogP) is -0.449. The van der Waals surface area contributed by atoms with Gasteiger partial charge in [-0.05, 0) is 6.42 Å². The van der Waals surface area contributed by atoms with E-state index in [2.05, 4.69) is 10.6 Å². The highest BCUT2D eigenvalue weighted by Gasteiger charge is 2.18. The third kappa shape index (κ3) is 6.01. The molecule has 0 aliphatic heterocycles. The van der Waals surface area contributed by atoms with Crippen molar-refractivity contribution in [1.82, 2.24) is 10.6 Å². The molecule has 1 unspecified atom stereocenters. The van der Waals surface area contributed by atoms with Crippen LogP contribution in [-0.2, 0) is 9.59 Å². The van der Waals surface area contributed by atoms with Crippen LogP contribution in [0.5, 0.6) is 0 Å². The quantitative estimate of drug-likeness (QED) is 0.427. The van der Waals surface area contributed by atoms with Gasteiger partial charge in [0.2, 0.25) is 11.8 Å². The summed E-state index contributed by atoms with van der Waals surface area (Å²) in [5, 5.41) is 5.22. The van der Waals surface area contributed by atoms with Gasteiger partial charge in [-0.2, -0.15) is 0 Å². The molecule has 0 aliphatic carbocycles. The van der Waals surface area contributed by atoms with Gasteiger partial charge >= 0.3 is 0 Å². The highest BCUT2D eigenvalue weighted by atomic mass is 32.1. The monoisotopic (exact) mass is 231 g/mol. The van der Waals surface area contributed by atoms with Crippen molar-refractivity contribution in [3.8, 4) is 0 Å². The first-order chi connectivity index (χ1) is 6.99. The SMILES string of the molecule is CCC(C(=O)NCCNC(C)=O)C(N)=S. The molecule has 0 bridgehead atoms. The molecule has 0 saturated carbocycles. The Morgan fingerprint density at radius 1 is 1.33 bits per heavy atom. The normalized spacial score (nSPS) is 11.6. The van der Waals surface area contributed by atoms with Crippen LogP contribution in [0.4, 0.5) is 0 Å². The van der Waals surface area contributed by atoms with Crippen LogP contribution < -0.4 is 16.4 Å². The molecular weight excluding hydrogens is 214 g/mol. The number of carbonyl (C=O) groups excluding carboxylic acids is 2. The lowest BCUT2D eigenvalue weighted by Crippen LogP contribution is -2.40. The Bertz CT molecular complexity index is 256. The summed E-state index contributed by atoms with van der Waals surface area (Å²) in [5.74, 6) is -0.724. The van der Waals surface area contributed by atoms with Crippen molar-refractivity contribution in [2.75, 3.05) is 13.1 Å². The second kappa shape index (κ2) is 7.17. The number of thiocarbonyl (C=S) groups is 1. The first-order valence-electron chi connectivity index (χ1n) is 4.80. The van der Waals surface area contributed by atoms with E-state index in [-0.39, 0.29) is 16.8 Å². The molecule has 0 aromatic rings. The molecule has 1 atom stereocenters. The molecule has 2 amide bonds. The topological polar surface area (TPSA) is 84.2 Å². The number of hydrogen-bond donors (Lipinski definition) is 3. The van der Waals surface area contributed by atoms with Crippen molar-refractivity contribution >= 4 is 29.0 Å². The first kappa shape index (κ1) is 13.8. The maximum atomic E-state index is 11.5. The van der Waals surface area contributed by atoms with Gasteiger partial charge in [0.25, 0.3) is 0 Å². The van der Waals surface area contributed by atoms with Crippen LogP contribution in [0.25, 0.3) is 0 Å². The summed E-state index contributed by atoms with van der Waals surface area (Å²) in [5.41, 5.74) is 5.40. The Morgan fingerprint density at radius 2 is 1.87 bits per heavy atom. The molecule has 0 spiro atoms. The predicted molar refractivity (Wildman–Crippen MR) is 62.3 cm³/mol. The smallest absolute Gasteiger partial charge is 0.229 e.